The van der Waals surface area contributed by atoms with Gasteiger partial charge in [0, 0.05) is 19.5 Å². The molecule has 8 heteroatoms. The predicted molar refractivity (Wildman–Crippen MR) is 70.1 cm³/mol. The molecule has 0 aromatic carbocycles. The van der Waals surface area contributed by atoms with Gasteiger partial charge in [0.05, 0.1) is 24.9 Å². The molecule has 2 rings (SSSR count). The molecule has 2 aromatic rings. The Morgan fingerprint density at radius 3 is 2.83 bits per heavy atom. The van der Waals surface area contributed by atoms with E-state index in [1.165, 1.54) is 7.11 Å². The minimum atomic E-state index is 0.287. The first kappa shape index (κ1) is 12.5. The summed E-state index contributed by atoms with van der Waals surface area (Å²) in [5.41, 5.74) is 2.78. The Labute approximate surface area is 109 Å². The highest BCUT2D eigenvalue weighted by atomic mass is 32.1. The average Bonchev–Trinajstić information content (AvgIpc) is 2.90. The number of hydrogen-bond donors (Lipinski definition) is 1. The molecule has 0 amide bonds. The van der Waals surface area contributed by atoms with Crippen molar-refractivity contribution in [1.82, 2.24) is 19.9 Å². The zero-order valence-corrected chi connectivity index (χ0v) is 11.2. The maximum Gasteiger partial charge on any atom is 0.322 e. The maximum atomic E-state index is 5.04. The molecule has 0 spiro atoms. The van der Waals surface area contributed by atoms with E-state index in [0.717, 1.165) is 5.69 Å². The third kappa shape index (κ3) is 2.83. The minimum Gasteiger partial charge on any atom is -0.467 e. The van der Waals surface area contributed by atoms with Gasteiger partial charge in [-0.25, -0.2) is 4.98 Å². The molecule has 0 saturated carbocycles. The summed E-state index contributed by atoms with van der Waals surface area (Å²) in [6.45, 7) is 0.639. The Morgan fingerprint density at radius 1 is 1.39 bits per heavy atom. The molecule has 0 bridgehead atoms. The molecule has 0 aliphatic carbocycles. The van der Waals surface area contributed by atoms with E-state index >= 15 is 0 Å². The monoisotopic (exact) mass is 266 g/mol. The number of aromatic nitrogens is 4. The van der Waals surface area contributed by atoms with E-state index < -0.39 is 0 Å². The van der Waals surface area contributed by atoms with Gasteiger partial charge >= 0.3 is 6.01 Å². The number of nitrogens with one attached hydrogen (secondary N) is 1. The first-order chi connectivity index (χ1) is 8.72. The molecular formula is C10H14N6OS. The Bertz CT molecular complexity index is 481. The number of nitrogens with zero attached hydrogens (tertiary/aromatic N) is 5. The number of rotatable bonds is 5. The quantitative estimate of drug-likeness (QED) is 0.865. The second kappa shape index (κ2) is 5.58. The first-order valence-electron chi connectivity index (χ1n) is 5.29. The van der Waals surface area contributed by atoms with Crippen LogP contribution >= 0.6 is 11.3 Å². The number of anilines is 2. The van der Waals surface area contributed by atoms with E-state index in [1.54, 1.807) is 23.9 Å². The minimum absolute atomic E-state index is 0.287. The molecule has 7 nitrogen and oxygen atoms in total. The van der Waals surface area contributed by atoms with Gasteiger partial charge in [-0.1, -0.05) is 0 Å². The molecule has 96 valence electrons. The summed E-state index contributed by atoms with van der Waals surface area (Å²) in [5, 5.41) is 4.87. The molecular weight excluding hydrogens is 252 g/mol. The standard InChI is InChI=1S/C10H14N6OS/c1-11-8-13-9(15-10(14-8)17-3)16(2)4-7-5-18-6-12-7/h5-6H,4H2,1-3H3,(H,11,13,14,15). The lowest BCUT2D eigenvalue weighted by atomic mass is 10.4. The van der Waals surface area contributed by atoms with Gasteiger partial charge in [0.2, 0.25) is 11.9 Å². The third-order valence-electron chi connectivity index (χ3n) is 2.23. The van der Waals surface area contributed by atoms with Gasteiger partial charge in [0.1, 0.15) is 0 Å². The Hall–Kier alpha value is -1.96. The van der Waals surface area contributed by atoms with E-state index in [9.17, 15) is 0 Å². The molecule has 2 heterocycles. The van der Waals surface area contributed by atoms with Gasteiger partial charge in [-0.15, -0.1) is 11.3 Å². The summed E-state index contributed by atoms with van der Waals surface area (Å²) >= 11 is 1.56. The first-order valence-corrected chi connectivity index (χ1v) is 6.23. The smallest absolute Gasteiger partial charge is 0.322 e. The van der Waals surface area contributed by atoms with Crippen molar-refractivity contribution in [2.24, 2.45) is 0 Å². The van der Waals surface area contributed by atoms with Gasteiger partial charge in [-0.05, 0) is 0 Å². The van der Waals surface area contributed by atoms with Crippen LogP contribution in [0.4, 0.5) is 11.9 Å². The largest absolute Gasteiger partial charge is 0.467 e. The third-order valence-corrected chi connectivity index (χ3v) is 2.87. The van der Waals surface area contributed by atoms with Crippen molar-refractivity contribution in [3.63, 3.8) is 0 Å². The fourth-order valence-corrected chi connectivity index (χ4v) is 1.90. The van der Waals surface area contributed by atoms with Crippen LogP contribution in [0.3, 0.4) is 0 Å². The van der Waals surface area contributed by atoms with Crippen molar-refractivity contribution < 1.29 is 4.74 Å². The number of methoxy groups -OCH3 is 1. The molecule has 0 atom stereocenters. The molecule has 0 aliphatic rings. The number of thiazole rings is 1. The van der Waals surface area contributed by atoms with Crippen molar-refractivity contribution in [3.8, 4) is 6.01 Å². The summed E-state index contributed by atoms with van der Waals surface area (Å²) in [5.74, 6) is 1.01. The van der Waals surface area contributed by atoms with Crippen LogP contribution in [0.15, 0.2) is 10.9 Å². The lowest BCUT2D eigenvalue weighted by Gasteiger charge is -2.16. The molecule has 0 fully saturated rings. The lowest BCUT2D eigenvalue weighted by Crippen LogP contribution is -2.20. The zero-order valence-electron chi connectivity index (χ0n) is 10.4. The second-order valence-electron chi connectivity index (χ2n) is 3.53. The van der Waals surface area contributed by atoms with Gasteiger partial charge in [-0.3, -0.25) is 0 Å². The summed E-state index contributed by atoms with van der Waals surface area (Å²) in [6.07, 6.45) is 0. The van der Waals surface area contributed by atoms with E-state index in [4.69, 9.17) is 4.74 Å². The highest BCUT2D eigenvalue weighted by Crippen LogP contribution is 2.15. The van der Waals surface area contributed by atoms with Gasteiger partial charge in [0.15, 0.2) is 0 Å². The van der Waals surface area contributed by atoms with Crippen LogP contribution < -0.4 is 15.0 Å². The molecule has 0 saturated heterocycles. The van der Waals surface area contributed by atoms with Crippen LogP contribution in [0.2, 0.25) is 0 Å². The van der Waals surface area contributed by atoms with Gasteiger partial charge in [0.25, 0.3) is 0 Å². The SMILES string of the molecule is CNc1nc(OC)nc(N(C)Cc2cscn2)n1. The zero-order chi connectivity index (χ0) is 13.0. The summed E-state index contributed by atoms with van der Waals surface area (Å²) in [6, 6.07) is 0.287. The topological polar surface area (TPSA) is 76.1 Å². The maximum absolute atomic E-state index is 5.04. The van der Waals surface area contributed by atoms with Crippen molar-refractivity contribution in [1.29, 1.82) is 0 Å². The van der Waals surface area contributed by atoms with Gasteiger partial charge in [-0.2, -0.15) is 15.0 Å². The van der Waals surface area contributed by atoms with Crippen LogP contribution in [-0.2, 0) is 6.54 Å². The Morgan fingerprint density at radius 2 is 2.22 bits per heavy atom. The molecule has 0 radical (unpaired) electrons. The Balaban J connectivity index is 2.20. The predicted octanol–water partition coefficient (Wildman–Crippen LogP) is 1.01. The van der Waals surface area contributed by atoms with Crippen molar-refractivity contribution >= 4 is 23.2 Å². The van der Waals surface area contributed by atoms with Crippen LogP contribution in [0.1, 0.15) is 5.69 Å². The Kier molecular flexibility index (Phi) is 3.88. The van der Waals surface area contributed by atoms with Crippen LogP contribution in [-0.4, -0.2) is 41.1 Å². The summed E-state index contributed by atoms with van der Waals surface area (Å²) in [7, 11) is 5.17. The van der Waals surface area contributed by atoms with E-state index in [-0.39, 0.29) is 6.01 Å². The van der Waals surface area contributed by atoms with Crippen LogP contribution in [0.5, 0.6) is 6.01 Å². The summed E-state index contributed by atoms with van der Waals surface area (Å²) in [4.78, 5) is 18.6. The highest BCUT2D eigenvalue weighted by molar-refractivity contribution is 7.07. The molecule has 0 unspecified atom stereocenters. The normalized spacial score (nSPS) is 10.2. The van der Waals surface area contributed by atoms with Gasteiger partial charge < -0.3 is 15.0 Å². The van der Waals surface area contributed by atoms with E-state index in [0.29, 0.717) is 18.4 Å². The fourth-order valence-electron chi connectivity index (χ4n) is 1.35. The average molecular weight is 266 g/mol. The van der Waals surface area contributed by atoms with Crippen molar-refractivity contribution in [3.05, 3.63) is 16.6 Å². The fraction of sp³-hybridized carbons (Fsp3) is 0.400. The molecule has 18 heavy (non-hydrogen) atoms. The lowest BCUT2D eigenvalue weighted by molar-refractivity contribution is 0.379. The number of hydrogen-bond acceptors (Lipinski definition) is 8. The molecule has 2 aromatic heterocycles. The molecule has 1 N–H and O–H groups in total. The summed E-state index contributed by atoms with van der Waals surface area (Å²) < 4.78 is 5.04. The molecule has 0 aliphatic heterocycles. The number of ether oxygens (including phenoxy) is 1. The highest BCUT2D eigenvalue weighted by Gasteiger charge is 2.11. The second-order valence-corrected chi connectivity index (χ2v) is 4.25. The van der Waals surface area contributed by atoms with Crippen LogP contribution in [0.25, 0.3) is 0 Å². The van der Waals surface area contributed by atoms with Crippen molar-refractivity contribution in [2.45, 2.75) is 6.54 Å². The van der Waals surface area contributed by atoms with Crippen molar-refractivity contribution in [2.75, 3.05) is 31.4 Å². The van der Waals surface area contributed by atoms with Crippen LogP contribution in [0, 0.1) is 0 Å². The van der Waals surface area contributed by atoms with E-state index in [1.807, 2.05) is 17.3 Å². The van der Waals surface area contributed by atoms with E-state index in [2.05, 4.69) is 25.3 Å².